The highest BCUT2D eigenvalue weighted by atomic mass is 16.5. The number of carbonyl (C=O) groups is 1. The molecule has 30 heavy (non-hydrogen) atoms. The third-order valence-electron chi connectivity index (χ3n) is 4.90. The lowest BCUT2D eigenvalue weighted by molar-refractivity contribution is 0.0937. The average molecular weight is 402 g/mol. The summed E-state index contributed by atoms with van der Waals surface area (Å²) in [4.78, 5) is 21.4. The van der Waals surface area contributed by atoms with E-state index in [1.54, 1.807) is 22.9 Å². The van der Waals surface area contributed by atoms with Gasteiger partial charge in [-0.05, 0) is 68.5 Å². The summed E-state index contributed by atoms with van der Waals surface area (Å²) in [5, 5.41) is 16.1. The first-order valence-electron chi connectivity index (χ1n) is 9.85. The van der Waals surface area contributed by atoms with E-state index in [0.717, 1.165) is 5.56 Å². The average Bonchev–Trinajstić information content (AvgIpc) is 3.45. The van der Waals surface area contributed by atoms with Gasteiger partial charge in [0, 0.05) is 11.8 Å². The van der Waals surface area contributed by atoms with Gasteiger partial charge in [-0.1, -0.05) is 0 Å². The monoisotopic (exact) mass is 402 g/mol. The summed E-state index contributed by atoms with van der Waals surface area (Å²) in [6.45, 7) is 4.47. The number of aryl methyl sites for hydroxylation is 1. The predicted octanol–water partition coefficient (Wildman–Crippen LogP) is 3.12. The molecule has 152 valence electrons. The summed E-state index contributed by atoms with van der Waals surface area (Å²) in [7, 11) is 0. The van der Waals surface area contributed by atoms with Crippen LogP contribution in [-0.2, 0) is 0 Å². The van der Waals surface area contributed by atoms with Gasteiger partial charge in [0.15, 0.2) is 11.6 Å². The van der Waals surface area contributed by atoms with Crippen LogP contribution in [0.25, 0.3) is 5.82 Å². The van der Waals surface area contributed by atoms with Crippen LogP contribution in [0.15, 0.2) is 42.9 Å². The third kappa shape index (κ3) is 4.46. The number of amides is 1. The second kappa shape index (κ2) is 8.33. The summed E-state index contributed by atoms with van der Waals surface area (Å²) in [5.41, 5.74) is 1.96. The van der Waals surface area contributed by atoms with Crippen LogP contribution in [0.2, 0.25) is 0 Å². The van der Waals surface area contributed by atoms with E-state index in [-0.39, 0.29) is 5.91 Å². The van der Waals surface area contributed by atoms with Gasteiger partial charge >= 0.3 is 0 Å². The predicted molar refractivity (Wildman–Crippen MR) is 109 cm³/mol. The second-order valence-electron chi connectivity index (χ2n) is 7.53. The summed E-state index contributed by atoms with van der Waals surface area (Å²) < 4.78 is 7.39. The van der Waals surface area contributed by atoms with Crippen molar-refractivity contribution in [2.45, 2.75) is 32.7 Å². The van der Waals surface area contributed by atoms with E-state index in [0.29, 0.717) is 41.0 Å². The lowest BCUT2D eigenvalue weighted by atomic mass is 10.1. The molecule has 0 bridgehead atoms. The molecule has 1 fully saturated rings. The number of aromatic nitrogens is 4. The Kier molecular flexibility index (Phi) is 5.44. The number of nitriles is 1. The minimum atomic E-state index is -0.409. The van der Waals surface area contributed by atoms with Gasteiger partial charge < -0.3 is 10.1 Å². The maximum atomic E-state index is 12.9. The minimum Gasteiger partial charge on any atom is -0.493 e. The van der Waals surface area contributed by atoms with E-state index in [4.69, 9.17) is 10.00 Å². The van der Waals surface area contributed by atoms with Crippen LogP contribution >= 0.6 is 0 Å². The first kappa shape index (κ1) is 19.6. The molecule has 2 heterocycles. The fraction of sp³-hybridized carbons (Fsp3) is 0.318. The standard InChI is InChI=1S/C22H22N6O2/c1-14-7-18(9-19(8-14)30-12-16-3-4-16)22(29)27-15(2)21-25-13-26-28(21)20-6-5-17(10-23)11-24-20/h5-9,11,13,15-16H,3-4,12H2,1-2H3,(H,27,29). The Hall–Kier alpha value is -3.73. The Morgan fingerprint density at radius 2 is 2.17 bits per heavy atom. The summed E-state index contributed by atoms with van der Waals surface area (Å²) in [6, 6.07) is 10.5. The molecular formula is C22H22N6O2. The highest BCUT2D eigenvalue weighted by molar-refractivity contribution is 5.95. The molecule has 0 aliphatic heterocycles. The molecule has 0 saturated heterocycles. The van der Waals surface area contributed by atoms with Gasteiger partial charge in [-0.3, -0.25) is 4.79 Å². The first-order valence-corrected chi connectivity index (χ1v) is 9.85. The molecule has 1 aliphatic rings. The minimum absolute atomic E-state index is 0.218. The van der Waals surface area contributed by atoms with Crippen LogP contribution < -0.4 is 10.1 Å². The zero-order chi connectivity index (χ0) is 21.1. The van der Waals surface area contributed by atoms with E-state index >= 15 is 0 Å². The molecule has 0 spiro atoms. The third-order valence-corrected chi connectivity index (χ3v) is 4.90. The number of hydrogen-bond acceptors (Lipinski definition) is 6. The van der Waals surface area contributed by atoms with Gasteiger partial charge in [0.2, 0.25) is 0 Å². The van der Waals surface area contributed by atoms with E-state index in [2.05, 4.69) is 20.4 Å². The highest BCUT2D eigenvalue weighted by Crippen LogP contribution is 2.30. The van der Waals surface area contributed by atoms with Crippen molar-refractivity contribution in [1.29, 1.82) is 5.26 Å². The molecule has 1 atom stereocenters. The summed E-state index contributed by atoms with van der Waals surface area (Å²) in [5.74, 6) is 2.20. The summed E-state index contributed by atoms with van der Waals surface area (Å²) in [6.07, 6.45) is 5.31. The van der Waals surface area contributed by atoms with Crippen molar-refractivity contribution in [1.82, 2.24) is 25.1 Å². The van der Waals surface area contributed by atoms with E-state index in [9.17, 15) is 4.79 Å². The molecule has 3 aromatic rings. The van der Waals surface area contributed by atoms with Crippen LogP contribution in [0, 0.1) is 24.2 Å². The number of rotatable bonds is 7. The van der Waals surface area contributed by atoms with Crippen molar-refractivity contribution >= 4 is 5.91 Å². The van der Waals surface area contributed by atoms with Gasteiger partial charge in [0.1, 0.15) is 18.1 Å². The molecule has 1 amide bonds. The lowest BCUT2D eigenvalue weighted by Crippen LogP contribution is -2.29. The zero-order valence-electron chi connectivity index (χ0n) is 16.9. The van der Waals surface area contributed by atoms with Crippen LogP contribution in [0.1, 0.15) is 53.1 Å². The van der Waals surface area contributed by atoms with Crippen molar-refractivity contribution in [2.24, 2.45) is 5.92 Å². The highest BCUT2D eigenvalue weighted by Gasteiger charge is 2.22. The smallest absolute Gasteiger partial charge is 0.252 e. The van der Waals surface area contributed by atoms with Gasteiger partial charge in [0.25, 0.3) is 5.91 Å². The number of carbonyl (C=O) groups excluding carboxylic acids is 1. The number of benzene rings is 1. The Morgan fingerprint density at radius 1 is 1.33 bits per heavy atom. The van der Waals surface area contributed by atoms with Crippen LogP contribution in [0.4, 0.5) is 0 Å². The lowest BCUT2D eigenvalue weighted by Gasteiger charge is -2.15. The number of nitrogens with zero attached hydrogens (tertiary/aromatic N) is 5. The molecule has 1 N–H and O–H groups in total. The quantitative estimate of drug-likeness (QED) is 0.651. The fourth-order valence-electron chi connectivity index (χ4n) is 3.11. The van der Waals surface area contributed by atoms with Crippen molar-refractivity contribution in [2.75, 3.05) is 6.61 Å². The molecular weight excluding hydrogens is 380 g/mol. The van der Waals surface area contributed by atoms with Gasteiger partial charge in [-0.2, -0.15) is 15.0 Å². The molecule has 4 rings (SSSR count). The molecule has 1 saturated carbocycles. The Labute approximate surface area is 174 Å². The molecule has 0 radical (unpaired) electrons. The topological polar surface area (TPSA) is 106 Å². The first-order chi connectivity index (χ1) is 14.5. The van der Waals surface area contributed by atoms with Gasteiger partial charge in [-0.15, -0.1) is 0 Å². The van der Waals surface area contributed by atoms with Crippen molar-refractivity contribution in [3.63, 3.8) is 0 Å². The van der Waals surface area contributed by atoms with E-state index < -0.39 is 6.04 Å². The van der Waals surface area contributed by atoms with Crippen LogP contribution in [0.5, 0.6) is 5.75 Å². The van der Waals surface area contributed by atoms with E-state index in [1.165, 1.54) is 25.4 Å². The second-order valence-corrected chi connectivity index (χ2v) is 7.53. The Balaban J connectivity index is 1.49. The summed E-state index contributed by atoms with van der Waals surface area (Å²) >= 11 is 0. The maximum Gasteiger partial charge on any atom is 0.252 e. The van der Waals surface area contributed by atoms with Crippen LogP contribution in [-0.4, -0.2) is 32.3 Å². The number of hydrogen-bond donors (Lipinski definition) is 1. The number of ether oxygens (including phenoxy) is 1. The fourth-order valence-corrected chi connectivity index (χ4v) is 3.11. The van der Waals surface area contributed by atoms with Gasteiger partial charge in [-0.25, -0.2) is 9.97 Å². The normalized spacial score (nSPS) is 14.0. The molecule has 8 nitrogen and oxygen atoms in total. The maximum absolute atomic E-state index is 12.9. The SMILES string of the molecule is Cc1cc(OCC2CC2)cc(C(=O)NC(C)c2ncnn2-c2ccc(C#N)cn2)c1. The molecule has 1 aliphatic carbocycles. The van der Waals surface area contributed by atoms with Crippen LogP contribution in [0.3, 0.4) is 0 Å². The van der Waals surface area contributed by atoms with Crippen molar-refractivity contribution in [3.05, 3.63) is 65.4 Å². The van der Waals surface area contributed by atoms with Crippen molar-refractivity contribution in [3.8, 4) is 17.6 Å². The largest absolute Gasteiger partial charge is 0.493 e. The molecule has 8 heteroatoms. The Morgan fingerprint density at radius 3 is 2.87 bits per heavy atom. The van der Waals surface area contributed by atoms with Gasteiger partial charge in [0.05, 0.1) is 18.2 Å². The molecule has 1 unspecified atom stereocenters. The number of pyridine rings is 1. The van der Waals surface area contributed by atoms with E-state index in [1.807, 2.05) is 32.0 Å². The number of nitrogens with one attached hydrogen (secondary N) is 1. The molecule has 1 aromatic carbocycles. The molecule has 2 aromatic heterocycles. The zero-order valence-corrected chi connectivity index (χ0v) is 16.9. The Bertz CT molecular complexity index is 1100. The van der Waals surface area contributed by atoms with Crippen molar-refractivity contribution < 1.29 is 9.53 Å².